The first-order valence-corrected chi connectivity index (χ1v) is 8.07. The molecule has 1 heterocycles. The minimum absolute atomic E-state index is 0.0978. The van der Waals surface area contributed by atoms with E-state index in [4.69, 9.17) is 9.47 Å². The van der Waals surface area contributed by atoms with Crippen molar-refractivity contribution >= 4 is 11.6 Å². The first kappa shape index (κ1) is 17.5. The van der Waals surface area contributed by atoms with Crippen molar-refractivity contribution in [2.75, 3.05) is 19.0 Å². The van der Waals surface area contributed by atoms with Crippen molar-refractivity contribution in [1.29, 1.82) is 0 Å². The van der Waals surface area contributed by atoms with Crippen LogP contribution >= 0.6 is 0 Å². The van der Waals surface area contributed by atoms with Gasteiger partial charge < -0.3 is 19.4 Å². The van der Waals surface area contributed by atoms with Crippen LogP contribution in [0.2, 0.25) is 0 Å². The molecule has 5 nitrogen and oxygen atoms in total. The van der Waals surface area contributed by atoms with Gasteiger partial charge in [0, 0.05) is 18.1 Å². The van der Waals surface area contributed by atoms with Gasteiger partial charge in [-0.3, -0.25) is 4.79 Å². The van der Waals surface area contributed by atoms with Gasteiger partial charge >= 0.3 is 0 Å². The van der Waals surface area contributed by atoms with Gasteiger partial charge in [-0.1, -0.05) is 6.07 Å². The summed E-state index contributed by atoms with van der Waals surface area (Å²) in [5, 5.41) is 2.54. The minimum Gasteiger partial charge on any atom is -0.493 e. The number of rotatable bonds is 6. The number of nitrogens with one attached hydrogen (secondary N) is 1. The average Bonchev–Trinajstić information content (AvgIpc) is 3.17. The van der Waals surface area contributed by atoms with E-state index in [1.54, 1.807) is 18.2 Å². The molecule has 1 N–H and O–H groups in total. The lowest BCUT2D eigenvalue weighted by molar-refractivity contribution is -0.118. The Balaban J connectivity index is 1.68. The molecule has 1 aromatic heterocycles. The van der Waals surface area contributed by atoms with Crippen LogP contribution < -0.4 is 14.8 Å². The van der Waals surface area contributed by atoms with E-state index in [2.05, 4.69) is 5.32 Å². The third-order valence-electron chi connectivity index (χ3n) is 3.80. The number of aryl methyl sites for hydroxylation is 1. The molecule has 0 aliphatic heterocycles. The van der Waals surface area contributed by atoms with Crippen molar-refractivity contribution in [3.63, 3.8) is 0 Å². The number of carbonyl (C=O) groups is 1. The van der Waals surface area contributed by atoms with E-state index in [0.717, 1.165) is 11.3 Å². The second-order valence-corrected chi connectivity index (χ2v) is 5.75. The molecule has 0 aliphatic rings. The smallest absolute Gasteiger partial charge is 0.262 e. The summed E-state index contributed by atoms with van der Waals surface area (Å²) in [5.41, 5.74) is 1.86. The largest absolute Gasteiger partial charge is 0.493 e. The molecule has 3 aromatic rings. The topological polar surface area (TPSA) is 52.5 Å². The Hall–Kier alpha value is -3.28. The van der Waals surface area contributed by atoms with Crippen LogP contribution in [0.4, 0.5) is 10.1 Å². The molecule has 0 saturated heterocycles. The van der Waals surface area contributed by atoms with Crippen LogP contribution in [0.3, 0.4) is 0 Å². The van der Waals surface area contributed by atoms with Crippen molar-refractivity contribution in [2.24, 2.45) is 0 Å². The van der Waals surface area contributed by atoms with Gasteiger partial charge in [0.15, 0.2) is 18.1 Å². The minimum atomic E-state index is -0.512. The number of hydrogen-bond donors (Lipinski definition) is 1. The van der Waals surface area contributed by atoms with Crippen LogP contribution in [-0.2, 0) is 4.79 Å². The van der Waals surface area contributed by atoms with Gasteiger partial charge in [-0.15, -0.1) is 0 Å². The molecule has 6 heteroatoms. The normalized spacial score (nSPS) is 10.4. The quantitative estimate of drug-likeness (QED) is 0.729. The Bertz CT molecular complexity index is 907. The van der Waals surface area contributed by atoms with E-state index in [-0.39, 0.29) is 12.3 Å². The lowest BCUT2D eigenvalue weighted by Gasteiger charge is -2.12. The zero-order valence-electron chi connectivity index (χ0n) is 14.5. The van der Waals surface area contributed by atoms with Gasteiger partial charge in [0.05, 0.1) is 12.8 Å². The monoisotopic (exact) mass is 354 g/mol. The lowest BCUT2D eigenvalue weighted by Crippen LogP contribution is -2.21. The van der Waals surface area contributed by atoms with Crippen LogP contribution in [0.1, 0.15) is 5.56 Å². The lowest BCUT2D eigenvalue weighted by atomic mass is 10.2. The summed E-state index contributed by atoms with van der Waals surface area (Å²) in [6.07, 6.45) is 3.68. The summed E-state index contributed by atoms with van der Waals surface area (Å²) in [6, 6.07) is 13.7. The molecule has 26 heavy (non-hydrogen) atoms. The fourth-order valence-electron chi connectivity index (χ4n) is 2.50. The number of methoxy groups -OCH3 is 1. The SMILES string of the molecule is COc1cc(C)ccc1OCC(=O)Nc1cc(-n2cccc2)ccc1F. The highest BCUT2D eigenvalue weighted by Gasteiger charge is 2.11. The molecule has 0 spiro atoms. The molecule has 0 saturated carbocycles. The van der Waals surface area contributed by atoms with Gasteiger partial charge in [0.25, 0.3) is 5.91 Å². The van der Waals surface area contributed by atoms with E-state index in [9.17, 15) is 9.18 Å². The Labute approximate surface area is 151 Å². The second-order valence-electron chi connectivity index (χ2n) is 5.75. The number of ether oxygens (including phenoxy) is 2. The molecular weight excluding hydrogens is 335 g/mol. The first-order chi connectivity index (χ1) is 12.6. The van der Waals surface area contributed by atoms with Crippen molar-refractivity contribution in [3.05, 3.63) is 72.3 Å². The molecule has 0 atom stereocenters. The van der Waals surface area contributed by atoms with Crippen LogP contribution in [-0.4, -0.2) is 24.2 Å². The van der Waals surface area contributed by atoms with Crippen LogP contribution in [0.5, 0.6) is 11.5 Å². The first-order valence-electron chi connectivity index (χ1n) is 8.07. The third kappa shape index (κ3) is 4.03. The summed E-state index contributed by atoms with van der Waals surface area (Å²) < 4.78 is 26.6. The van der Waals surface area contributed by atoms with Crippen molar-refractivity contribution in [2.45, 2.75) is 6.92 Å². The van der Waals surface area contributed by atoms with E-state index in [0.29, 0.717) is 11.5 Å². The fraction of sp³-hybridized carbons (Fsp3) is 0.150. The summed E-state index contributed by atoms with van der Waals surface area (Å²) in [5.74, 6) is 0.0201. The van der Waals surface area contributed by atoms with Crippen LogP contribution in [0, 0.1) is 12.7 Å². The van der Waals surface area contributed by atoms with Gasteiger partial charge in [0.1, 0.15) is 5.82 Å². The predicted octanol–water partition coefficient (Wildman–Crippen LogP) is 3.95. The number of nitrogens with zero attached hydrogens (tertiary/aromatic N) is 1. The summed E-state index contributed by atoms with van der Waals surface area (Å²) in [7, 11) is 1.53. The molecule has 3 rings (SSSR count). The molecule has 0 aliphatic carbocycles. The van der Waals surface area contributed by atoms with Crippen LogP contribution in [0.25, 0.3) is 5.69 Å². The number of anilines is 1. The number of halogens is 1. The summed E-state index contributed by atoms with van der Waals surface area (Å²) >= 11 is 0. The molecule has 1 amide bonds. The molecule has 0 unspecified atom stereocenters. The van der Waals surface area contributed by atoms with Crippen molar-refractivity contribution in [3.8, 4) is 17.2 Å². The number of benzene rings is 2. The number of hydrogen-bond acceptors (Lipinski definition) is 3. The van der Waals surface area contributed by atoms with Gasteiger partial charge in [-0.05, 0) is 55.0 Å². The summed E-state index contributed by atoms with van der Waals surface area (Å²) in [4.78, 5) is 12.2. The van der Waals surface area contributed by atoms with E-state index in [1.165, 1.54) is 13.2 Å². The second kappa shape index (κ2) is 7.74. The number of aromatic nitrogens is 1. The highest BCUT2D eigenvalue weighted by atomic mass is 19.1. The van der Waals surface area contributed by atoms with Gasteiger partial charge in [-0.25, -0.2) is 4.39 Å². The van der Waals surface area contributed by atoms with E-state index >= 15 is 0 Å². The Morgan fingerprint density at radius 1 is 1.12 bits per heavy atom. The molecule has 0 bridgehead atoms. The average molecular weight is 354 g/mol. The van der Waals surface area contributed by atoms with Crippen molar-refractivity contribution < 1.29 is 18.7 Å². The van der Waals surface area contributed by atoms with Crippen molar-refractivity contribution in [1.82, 2.24) is 4.57 Å². The number of amides is 1. The molecule has 0 fully saturated rings. The Morgan fingerprint density at radius 3 is 2.62 bits per heavy atom. The molecule has 134 valence electrons. The Kier molecular flexibility index (Phi) is 5.22. The highest BCUT2D eigenvalue weighted by Crippen LogP contribution is 2.27. The molecule has 0 radical (unpaired) electrons. The standard InChI is InChI=1S/C20H19FN2O3/c1-14-5-8-18(19(11-14)25-2)26-13-20(24)22-17-12-15(6-7-16(17)21)23-9-3-4-10-23/h3-12H,13H2,1-2H3,(H,22,24). The fourth-order valence-corrected chi connectivity index (χ4v) is 2.50. The summed E-state index contributed by atoms with van der Waals surface area (Å²) in [6.45, 7) is 1.67. The van der Waals surface area contributed by atoms with Crippen LogP contribution in [0.15, 0.2) is 60.9 Å². The maximum absolute atomic E-state index is 14.0. The zero-order valence-corrected chi connectivity index (χ0v) is 14.5. The Morgan fingerprint density at radius 2 is 1.88 bits per heavy atom. The third-order valence-corrected chi connectivity index (χ3v) is 3.80. The maximum Gasteiger partial charge on any atom is 0.262 e. The van der Waals surface area contributed by atoms with E-state index < -0.39 is 11.7 Å². The van der Waals surface area contributed by atoms with Gasteiger partial charge in [-0.2, -0.15) is 0 Å². The molecule has 2 aromatic carbocycles. The van der Waals surface area contributed by atoms with Gasteiger partial charge in [0.2, 0.25) is 0 Å². The number of carbonyl (C=O) groups excluding carboxylic acids is 1. The predicted molar refractivity (Wildman–Crippen MR) is 97.6 cm³/mol. The molecular formula is C20H19FN2O3. The zero-order chi connectivity index (χ0) is 18.5. The highest BCUT2D eigenvalue weighted by molar-refractivity contribution is 5.92. The maximum atomic E-state index is 14.0. The van der Waals surface area contributed by atoms with E-state index in [1.807, 2.05) is 48.1 Å².